The Hall–Kier alpha value is -4.09. The third-order valence-corrected chi connectivity index (χ3v) is 6.05. The van der Waals surface area contributed by atoms with E-state index >= 15 is 0 Å². The third-order valence-electron chi connectivity index (χ3n) is 6.05. The highest BCUT2D eigenvalue weighted by Crippen LogP contribution is 2.20. The average molecular weight is 565 g/mol. The summed E-state index contributed by atoms with van der Waals surface area (Å²) in [7, 11) is 1.51. The Balaban J connectivity index is 0.000000559. The number of nitrogens with one attached hydrogen (secondary N) is 1. The van der Waals surface area contributed by atoms with E-state index in [1.165, 1.54) is 7.05 Å². The van der Waals surface area contributed by atoms with Crippen molar-refractivity contribution >= 4 is 23.1 Å². The number of carboxylic acids is 1. The second kappa shape index (κ2) is 13.8. The van der Waals surface area contributed by atoms with Gasteiger partial charge in [0.15, 0.2) is 11.2 Å². The van der Waals surface area contributed by atoms with E-state index in [4.69, 9.17) is 19.6 Å². The highest BCUT2D eigenvalue weighted by atomic mass is 19.4. The second-order valence-corrected chi connectivity index (χ2v) is 8.83. The molecule has 2 N–H and O–H groups in total. The van der Waals surface area contributed by atoms with Gasteiger partial charge in [0.05, 0.1) is 13.2 Å². The Labute approximate surface area is 227 Å². The van der Waals surface area contributed by atoms with Crippen LogP contribution in [0.4, 0.5) is 19.1 Å². The number of aromatic nitrogens is 4. The topological polar surface area (TPSA) is 124 Å². The fourth-order valence-electron chi connectivity index (χ4n) is 4.05. The summed E-state index contributed by atoms with van der Waals surface area (Å²) >= 11 is 0. The quantitative estimate of drug-likeness (QED) is 0.312. The summed E-state index contributed by atoms with van der Waals surface area (Å²) in [4.78, 5) is 41.9. The van der Waals surface area contributed by atoms with Gasteiger partial charge in [0.2, 0.25) is 5.95 Å². The van der Waals surface area contributed by atoms with E-state index in [-0.39, 0.29) is 11.2 Å². The Morgan fingerprint density at radius 1 is 1.15 bits per heavy atom. The molecule has 216 valence electrons. The van der Waals surface area contributed by atoms with Crippen LogP contribution in [0, 0.1) is 11.8 Å². The van der Waals surface area contributed by atoms with Crippen LogP contribution < -0.4 is 21.5 Å². The van der Waals surface area contributed by atoms with Crippen molar-refractivity contribution in [2.75, 3.05) is 37.7 Å². The number of carbonyl (C=O) groups is 1. The molecule has 40 heavy (non-hydrogen) atoms. The highest BCUT2D eigenvalue weighted by Gasteiger charge is 2.38. The van der Waals surface area contributed by atoms with Crippen molar-refractivity contribution in [3.05, 3.63) is 56.7 Å². The van der Waals surface area contributed by atoms with Crippen LogP contribution in [-0.4, -0.2) is 68.7 Å². The predicted octanol–water partition coefficient (Wildman–Crippen LogP) is 1.57. The fraction of sp³-hybridized carbons (Fsp3) is 0.462. The normalized spacial score (nSPS) is 13.4. The van der Waals surface area contributed by atoms with Gasteiger partial charge < -0.3 is 20.1 Å². The minimum atomic E-state index is -5.08. The molecule has 0 aliphatic carbocycles. The number of hydrogen-bond donors (Lipinski definition) is 2. The number of nitrogens with zero attached hydrogens (tertiary/aromatic N) is 5. The summed E-state index contributed by atoms with van der Waals surface area (Å²) in [6.07, 6.45) is -4.45. The van der Waals surface area contributed by atoms with Gasteiger partial charge in [-0.25, -0.2) is 9.59 Å². The van der Waals surface area contributed by atoms with Crippen molar-refractivity contribution in [1.82, 2.24) is 24.0 Å². The molecule has 0 saturated carbocycles. The van der Waals surface area contributed by atoms with E-state index in [1.54, 1.807) is 11.5 Å². The lowest BCUT2D eigenvalue weighted by molar-refractivity contribution is -0.192. The van der Waals surface area contributed by atoms with Gasteiger partial charge >= 0.3 is 17.8 Å². The number of imidazole rings is 1. The summed E-state index contributed by atoms with van der Waals surface area (Å²) in [5.74, 6) is 3.88. The van der Waals surface area contributed by atoms with Crippen LogP contribution in [0.3, 0.4) is 0 Å². The zero-order valence-corrected chi connectivity index (χ0v) is 22.2. The molecule has 11 nitrogen and oxygen atoms in total. The van der Waals surface area contributed by atoms with Crippen molar-refractivity contribution in [1.29, 1.82) is 0 Å². The smallest absolute Gasteiger partial charge is 0.475 e. The molecule has 14 heteroatoms. The van der Waals surface area contributed by atoms with Crippen LogP contribution in [0.5, 0.6) is 0 Å². The number of ether oxygens (including phenoxy) is 1. The monoisotopic (exact) mass is 564 g/mol. The molecular weight excluding hydrogens is 533 g/mol. The molecule has 0 atom stereocenters. The maximum absolute atomic E-state index is 13.1. The van der Waals surface area contributed by atoms with Gasteiger partial charge in [0, 0.05) is 46.4 Å². The van der Waals surface area contributed by atoms with Crippen molar-refractivity contribution in [3.8, 4) is 11.8 Å². The first-order valence-electron chi connectivity index (χ1n) is 12.5. The number of rotatable bonds is 8. The summed E-state index contributed by atoms with van der Waals surface area (Å²) < 4.78 is 42.1. The Morgan fingerprint density at radius 2 is 1.80 bits per heavy atom. The highest BCUT2D eigenvalue weighted by molar-refractivity contribution is 5.75. The molecule has 0 spiro atoms. The molecule has 1 aliphatic heterocycles. The molecule has 0 unspecified atom stereocenters. The molecule has 1 saturated heterocycles. The van der Waals surface area contributed by atoms with Gasteiger partial charge in [-0.2, -0.15) is 18.2 Å². The number of aryl methyl sites for hydroxylation is 1. The number of carboxylic acid groups (broad SMARTS) is 1. The van der Waals surface area contributed by atoms with Crippen LogP contribution in [0.2, 0.25) is 0 Å². The molecule has 3 heterocycles. The van der Waals surface area contributed by atoms with E-state index in [1.807, 2.05) is 34.9 Å². The van der Waals surface area contributed by atoms with Crippen molar-refractivity contribution < 1.29 is 27.8 Å². The van der Waals surface area contributed by atoms with Gasteiger partial charge in [-0.15, -0.1) is 5.92 Å². The molecule has 0 amide bonds. The van der Waals surface area contributed by atoms with Gasteiger partial charge in [-0.1, -0.05) is 36.3 Å². The summed E-state index contributed by atoms with van der Waals surface area (Å²) in [5, 5.41) is 10.5. The minimum Gasteiger partial charge on any atom is -0.475 e. The number of benzene rings is 1. The Kier molecular flexibility index (Phi) is 10.5. The molecule has 0 bridgehead atoms. The van der Waals surface area contributed by atoms with Crippen molar-refractivity contribution in [2.24, 2.45) is 7.05 Å². The lowest BCUT2D eigenvalue weighted by Crippen LogP contribution is -2.44. The molecular formula is C26H31F3N6O5. The van der Waals surface area contributed by atoms with E-state index in [2.05, 4.69) is 22.1 Å². The predicted molar refractivity (Wildman–Crippen MR) is 142 cm³/mol. The first-order valence-corrected chi connectivity index (χ1v) is 12.5. The molecule has 2 aromatic heterocycles. The Bertz CT molecular complexity index is 1480. The molecule has 3 aromatic rings. The first-order chi connectivity index (χ1) is 19.1. The maximum Gasteiger partial charge on any atom is 0.490 e. The number of aliphatic carboxylic acids is 1. The molecule has 1 aromatic carbocycles. The number of alkyl halides is 3. The lowest BCUT2D eigenvalue weighted by Gasteiger charge is -2.28. The molecule has 0 radical (unpaired) electrons. The minimum absolute atomic E-state index is 0.347. The van der Waals surface area contributed by atoms with Crippen LogP contribution in [-0.2, 0) is 36.3 Å². The Morgan fingerprint density at radius 3 is 2.40 bits per heavy atom. The first kappa shape index (κ1) is 30.5. The zero-order chi connectivity index (χ0) is 29.3. The van der Waals surface area contributed by atoms with Gasteiger partial charge in [-0.05, 0) is 18.9 Å². The van der Waals surface area contributed by atoms with Gasteiger partial charge in [0.25, 0.3) is 5.56 Å². The van der Waals surface area contributed by atoms with Crippen LogP contribution >= 0.6 is 0 Å². The zero-order valence-electron chi connectivity index (χ0n) is 22.2. The SMILES string of the molecule is CC#CCn1c(N2CCNCC2)nc2c1c(=O)n(C)c(=O)n2CCCOCc1ccccc1.O=C(O)C(F)(F)F. The van der Waals surface area contributed by atoms with Crippen molar-refractivity contribution in [2.45, 2.75) is 39.2 Å². The summed E-state index contributed by atoms with van der Waals surface area (Å²) in [5.41, 5.74) is 1.22. The fourth-order valence-corrected chi connectivity index (χ4v) is 4.05. The van der Waals surface area contributed by atoms with Crippen LogP contribution in [0.15, 0.2) is 39.9 Å². The molecule has 1 aliphatic rings. The largest absolute Gasteiger partial charge is 0.490 e. The molecule has 1 fully saturated rings. The van der Waals surface area contributed by atoms with E-state index in [9.17, 15) is 22.8 Å². The van der Waals surface area contributed by atoms with E-state index < -0.39 is 12.1 Å². The van der Waals surface area contributed by atoms with Crippen LogP contribution in [0.25, 0.3) is 11.2 Å². The van der Waals surface area contributed by atoms with Gasteiger partial charge in [-0.3, -0.25) is 18.5 Å². The second-order valence-electron chi connectivity index (χ2n) is 8.83. The summed E-state index contributed by atoms with van der Waals surface area (Å²) in [6, 6.07) is 9.97. The standard InChI is InChI=1S/C24H30N6O3.C2HF3O2/c1-3-4-13-29-20-21(26-23(29)28-15-11-25-12-16-28)30(24(32)27(2)22(20)31)14-8-17-33-18-19-9-6-5-7-10-19;3-2(4,5)1(6)7/h5-7,9-10,25H,8,11-18H2,1-2H3;(H,6,7). The maximum atomic E-state index is 13.1. The lowest BCUT2D eigenvalue weighted by atomic mass is 10.2. The summed E-state index contributed by atoms with van der Waals surface area (Å²) in [6.45, 7) is 6.79. The number of anilines is 1. The van der Waals surface area contributed by atoms with Crippen molar-refractivity contribution in [3.63, 3.8) is 0 Å². The average Bonchev–Trinajstić information content (AvgIpc) is 3.32. The number of hydrogen-bond acceptors (Lipinski definition) is 7. The van der Waals surface area contributed by atoms with E-state index in [0.29, 0.717) is 49.8 Å². The molecule has 4 rings (SSSR count). The third kappa shape index (κ3) is 7.51. The number of piperazine rings is 1. The van der Waals surface area contributed by atoms with Gasteiger partial charge in [0.1, 0.15) is 0 Å². The van der Waals surface area contributed by atoms with Crippen LogP contribution in [0.1, 0.15) is 18.9 Å². The number of halogens is 3. The number of fused-ring (bicyclic) bond motifs is 1. The van der Waals surface area contributed by atoms with E-state index in [0.717, 1.165) is 36.3 Å².